The molecule has 0 aliphatic heterocycles. The largest absolute Gasteiger partial charge is 0.746 e. The Labute approximate surface area is 166 Å². The van der Waals surface area contributed by atoms with Gasteiger partial charge in [-0.05, 0) is 27.7 Å². The summed E-state index contributed by atoms with van der Waals surface area (Å²) in [7, 11) is -6.98. The van der Waals surface area contributed by atoms with Gasteiger partial charge in [-0.25, -0.2) is 21.6 Å². The molecule has 4 nitrogen and oxygen atoms in total. The van der Waals surface area contributed by atoms with Crippen LogP contribution in [0.1, 0.15) is 27.7 Å². The van der Waals surface area contributed by atoms with Crippen LogP contribution in [0.15, 0.2) is 0 Å². The molecule has 0 saturated carbocycles. The second kappa shape index (κ2) is 10.1. The van der Waals surface area contributed by atoms with Crippen molar-refractivity contribution in [3.8, 4) is 0 Å². The molecule has 0 radical (unpaired) electrons. The predicted octanol–water partition coefficient (Wildman–Crippen LogP) is 4.52. The average molecular weight is 493 g/mol. The number of halogens is 11. The summed E-state index contributed by atoms with van der Waals surface area (Å²) >= 11 is 0. The van der Waals surface area contributed by atoms with E-state index < -0.39 is 45.7 Å². The van der Waals surface area contributed by atoms with E-state index >= 15 is 0 Å². The summed E-state index contributed by atoms with van der Waals surface area (Å²) in [5.41, 5.74) is -5.57. The van der Waals surface area contributed by atoms with Crippen LogP contribution in [-0.2, 0) is 10.1 Å². The van der Waals surface area contributed by atoms with E-state index in [0.717, 1.165) is 0 Å². The van der Waals surface area contributed by atoms with Gasteiger partial charge in [0, 0.05) is 0 Å². The zero-order valence-electron chi connectivity index (χ0n) is 16.2. The fourth-order valence-corrected chi connectivity index (χ4v) is 2.73. The van der Waals surface area contributed by atoms with E-state index in [1.807, 2.05) is 0 Å². The zero-order chi connectivity index (χ0) is 25.0. The first-order valence-corrected chi connectivity index (χ1v) is 9.79. The van der Waals surface area contributed by atoms with Crippen LogP contribution in [-0.4, -0.2) is 79.3 Å². The molecule has 184 valence electrons. The second-order valence-electron chi connectivity index (χ2n) is 6.11. The normalized spacial score (nSPS) is 15.6. The van der Waals surface area contributed by atoms with Gasteiger partial charge in [-0.3, -0.25) is 0 Å². The molecule has 1 unspecified atom stereocenters. The molecule has 0 aromatic carbocycles. The van der Waals surface area contributed by atoms with Crippen LogP contribution in [0.2, 0.25) is 0 Å². The lowest BCUT2D eigenvalue weighted by atomic mass is 9.99. The Morgan fingerprint density at radius 3 is 1.13 bits per heavy atom. The van der Waals surface area contributed by atoms with Crippen molar-refractivity contribution < 1.29 is 65.7 Å². The molecule has 0 heterocycles. The summed E-state index contributed by atoms with van der Waals surface area (Å²) in [4.78, 5) is 0. The molecular weight excluding hydrogens is 471 g/mol. The van der Waals surface area contributed by atoms with Gasteiger partial charge >= 0.3 is 30.1 Å². The van der Waals surface area contributed by atoms with Crippen LogP contribution in [0.5, 0.6) is 0 Å². The van der Waals surface area contributed by atoms with E-state index in [1.165, 1.54) is 30.7 Å². The van der Waals surface area contributed by atoms with Crippen LogP contribution < -0.4 is 0 Å². The van der Waals surface area contributed by atoms with Gasteiger partial charge in [0.05, 0.1) is 26.2 Å². The molecule has 1 atom stereocenters. The summed E-state index contributed by atoms with van der Waals surface area (Å²) in [5.74, 6) is -29.4. The van der Waals surface area contributed by atoms with Crippen molar-refractivity contribution in [2.24, 2.45) is 0 Å². The van der Waals surface area contributed by atoms with Crippen LogP contribution in [0.25, 0.3) is 0 Å². The summed E-state index contributed by atoms with van der Waals surface area (Å²) in [6, 6.07) is 0. The minimum atomic E-state index is -7.61. The maximum atomic E-state index is 12.7. The van der Waals surface area contributed by atoms with Gasteiger partial charge in [0.1, 0.15) is 10.1 Å². The molecule has 0 amide bonds. The van der Waals surface area contributed by atoms with Crippen molar-refractivity contribution in [3.63, 3.8) is 0 Å². The van der Waals surface area contributed by atoms with Gasteiger partial charge in [-0.2, -0.15) is 35.1 Å². The van der Waals surface area contributed by atoms with Gasteiger partial charge < -0.3 is 9.04 Å². The third-order valence-corrected chi connectivity index (χ3v) is 5.53. The Hall–Kier alpha value is -0.900. The smallest absolute Gasteiger partial charge is 0.384 e. The topological polar surface area (TPSA) is 57.2 Å². The highest BCUT2D eigenvalue weighted by molar-refractivity contribution is 7.86. The molecule has 0 N–H and O–H groups in total. The SMILES string of the molecule is CC[N+](CC)(CC)CC.O=S(=O)([O-])C(F)C(F)(F)C(F)(F)C(F)(F)C(F)(F)C(F)F. The lowest BCUT2D eigenvalue weighted by molar-refractivity contribution is -0.921. The molecule has 0 spiro atoms. The molecular formula is C14H22F11NO3S. The van der Waals surface area contributed by atoms with Crippen molar-refractivity contribution in [2.75, 3.05) is 26.2 Å². The number of hydrogen-bond acceptors (Lipinski definition) is 3. The minimum Gasteiger partial charge on any atom is -0.746 e. The Balaban J connectivity index is 0. The van der Waals surface area contributed by atoms with Crippen LogP contribution in [0.4, 0.5) is 48.3 Å². The van der Waals surface area contributed by atoms with Gasteiger partial charge in [-0.15, -0.1) is 0 Å². The van der Waals surface area contributed by atoms with E-state index in [-0.39, 0.29) is 0 Å². The van der Waals surface area contributed by atoms with Crippen LogP contribution >= 0.6 is 0 Å². The fraction of sp³-hybridized carbons (Fsp3) is 1.00. The van der Waals surface area contributed by atoms with Crippen LogP contribution in [0, 0.1) is 0 Å². The third-order valence-electron chi connectivity index (χ3n) is 4.73. The number of quaternary nitrogens is 1. The van der Waals surface area contributed by atoms with Gasteiger partial charge in [0.2, 0.25) is 0 Å². The molecule has 16 heteroatoms. The first-order valence-electron chi connectivity index (χ1n) is 8.32. The van der Waals surface area contributed by atoms with E-state index in [9.17, 15) is 61.3 Å². The van der Waals surface area contributed by atoms with Crippen molar-refractivity contribution in [3.05, 3.63) is 0 Å². The molecule has 0 aromatic rings. The van der Waals surface area contributed by atoms with Crippen molar-refractivity contribution in [1.29, 1.82) is 0 Å². The highest BCUT2D eigenvalue weighted by Gasteiger charge is 2.85. The molecule has 0 saturated heterocycles. The lowest BCUT2D eigenvalue weighted by Crippen LogP contribution is -2.67. The standard InChI is InChI=1S/C8H20N.C6H3F11O3S/c1-5-9(6-2,7-3)8-4;7-1(8)3(10,11)5(14,15)6(16,17)4(12,13)2(9)21(18,19)20/h5-8H2,1-4H3;1-2H,(H,18,19,20)/q+1;/p-1. The lowest BCUT2D eigenvalue weighted by Gasteiger charge is -2.37. The number of rotatable bonds is 10. The number of hydrogen-bond donors (Lipinski definition) is 0. The quantitative estimate of drug-likeness (QED) is 0.256. The van der Waals surface area contributed by atoms with Gasteiger partial charge in [0.25, 0.3) is 5.50 Å². The van der Waals surface area contributed by atoms with Crippen molar-refractivity contribution >= 4 is 10.1 Å². The minimum absolute atomic E-state index is 1.28. The average Bonchev–Trinajstić information content (AvgIpc) is 2.62. The molecule has 0 aliphatic carbocycles. The van der Waals surface area contributed by atoms with Gasteiger partial charge in [0.15, 0.2) is 0 Å². The zero-order valence-corrected chi connectivity index (χ0v) is 17.0. The van der Waals surface area contributed by atoms with E-state index in [0.29, 0.717) is 0 Å². The first-order chi connectivity index (χ1) is 13.1. The monoisotopic (exact) mass is 493 g/mol. The van der Waals surface area contributed by atoms with E-state index in [4.69, 9.17) is 0 Å². The summed E-state index contributed by atoms with van der Waals surface area (Å²) < 4.78 is 166. The van der Waals surface area contributed by atoms with Crippen molar-refractivity contribution in [2.45, 2.75) is 63.3 Å². The number of alkyl halides is 11. The van der Waals surface area contributed by atoms with Crippen molar-refractivity contribution in [1.82, 2.24) is 0 Å². The first kappa shape index (κ1) is 31.3. The van der Waals surface area contributed by atoms with E-state index in [1.54, 1.807) is 0 Å². The Morgan fingerprint density at radius 1 is 0.700 bits per heavy atom. The molecule has 0 fully saturated rings. The maximum Gasteiger partial charge on any atom is 0.384 e. The molecule has 0 bridgehead atoms. The van der Waals surface area contributed by atoms with E-state index in [2.05, 4.69) is 27.7 Å². The predicted molar refractivity (Wildman–Crippen MR) is 82.8 cm³/mol. The molecule has 0 rings (SSSR count). The molecule has 30 heavy (non-hydrogen) atoms. The Bertz CT molecular complexity index is 620. The second-order valence-corrected chi connectivity index (χ2v) is 7.51. The summed E-state index contributed by atoms with van der Waals surface area (Å²) in [5, 5.41) is 0. The Morgan fingerprint density at radius 2 is 0.967 bits per heavy atom. The fourth-order valence-electron chi connectivity index (χ4n) is 2.22. The Kier molecular flexibility index (Phi) is 10.6. The summed E-state index contributed by atoms with van der Waals surface area (Å²) in [6.45, 7) is 14.2. The highest BCUT2D eigenvalue weighted by atomic mass is 32.2. The number of nitrogens with zero attached hydrogens (tertiary/aromatic N) is 1. The van der Waals surface area contributed by atoms with Crippen LogP contribution in [0.3, 0.4) is 0 Å². The highest BCUT2D eigenvalue weighted by Crippen LogP contribution is 2.55. The molecule has 0 aromatic heterocycles. The molecule has 0 aliphatic rings. The summed E-state index contributed by atoms with van der Waals surface area (Å²) in [6.07, 6.45) is -5.57. The maximum absolute atomic E-state index is 12.7. The third kappa shape index (κ3) is 5.87. The van der Waals surface area contributed by atoms with Gasteiger partial charge in [-0.1, -0.05) is 0 Å².